The van der Waals surface area contributed by atoms with E-state index >= 15 is 0 Å². The van der Waals surface area contributed by atoms with E-state index in [1.54, 1.807) is 32.5 Å². The van der Waals surface area contributed by atoms with Crippen molar-refractivity contribution in [2.75, 3.05) is 12.4 Å². The molecular weight excluding hydrogens is 314 g/mol. The Morgan fingerprint density at radius 2 is 2.14 bits per heavy atom. The van der Waals surface area contributed by atoms with E-state index in [4.69, 9.17) is 5.73 Å². The molecule has 1 amide bonds. The van der Waals surface area contributed by atoms with Crippen molar-refractivity contribution in [2.45, 2.75) is 24.9 Å². The van der Waals surface area contributed by atoms with Crippen molar-refractivity contribution in [1.82, 2.24) is 14.1 Å². The third kappa shape index (κ3) is 2.87. The second-order valence-corrected chi connectivity index (χ2v) is 7.32. The van der Waals surface area contributed by atoms with E-state index < -0.39 is 22.0 Å². The molecule has 10 heteroatoms. The standard InChI is InChI=1S/C11H17N5O3S2/c1-6(2)7(8(12)17)15-21(18,19)10-9(13-3)14-11-16(10)4-5-20-11/h4-7,13,15H,1-3H3,(H2,12,17). The monoisotopic (exact) mass is 331 g/mol. The molecule has 2 aromatic heterocycles. The fraction of sp³-hybridized carbons (Fsp3) is 0.455. The van der Waals surface area contributed by atoms with Crippen molar-refractivity contribution >= 4 is 38.0 Å². The fourth-order valence-electron chi connectivity index (χ4n) is 1.93. The number of anilines is 1. The lowest BCUT2D eigenvalue weighted by atomic mass is 10.1. The van der Waals surface area contributed by atoms with Crippen molar-refractivity contribution in [1.29, 1.82) is 0 Å². The quantitative estimate of drug-likeness (QED) is 0.700. The Hall–Kier alpha value is -1.65. The SMILES string of the molecule is CNc1nc2sccn2c1S(=O)(=O)NC(C(N)=O)C(C)C. The summed E-state index contributed by atoms with van der Waals surface area (Å²) in [5.41, 5.74) is 5.26. The molecule has 2 heterocycles. The molecule has 0 saturated heterocycles. The molecule has 0 aliphatic heterocycles. The summed E-state index contributed by atoms with van der Waals surface area (Å²) in [5.74, 6) is -0.756. The van der Waals surface area contributed by atoms with Gasteiger partial charge < -0.3 is 11.1 Å². The Morgan fingerprint density at radius 1 is 1.48 bits per heavy atom. The number of carbonyl (C=O) groups is 1. The summed E-state index contributed by atoms with van der Waals surface area (Å²) in [6.45, 7) is 3.43. The van der Waals surface area contributed by atoms with Crippen LogP contribution in [0.1, 0.15) is 13.8 Å². The van der Waals surface area contributed by atoms with Gasteiger partial charge in [0.15, 0.2) is 15.8 Å². The van der Waals surface area contributed by atoms with Crippen LogP contribution in [-0.2, 0) is 14.8 Å². The van der Waals surface area contributed by atoms with Crippen LogP contribution in [0.4, 0.5) is 5.82 Å². The third-order valence-electron chi connectivity index (χ3n) is 2.96. The summed E-state index contributed by atoms with van der Waals surface area (Å²) < 4.78 is 29.0. The smallest absolute Gasteiger partial charge is 0.261 e. The zero-order chi connectivity index (χ0) is 15.8. The molecule has 0 fully saturated rings. The fourth-order valence-corrected chi connectivity index (χ4v) is 4.34. The number of sulfonamides is 1. The van der Waals surface area contributed by atoms with Gasteiger partial charge in [-0.2, -0.15) is 4.72 Å². The molecule has 1 unspecified atom stereocenters. The zero-order valence-electron chi connectivity index (χ0n) is 11.8. The van der Waals surface area contributed by atoms with Crippen LogP contribution in [0.2, 0.25) is 0 Å². The normalized spacial score (nSPS) is 13.7. The summed E-state index contributed by atoms with van der Waals surface area (Å²) in [6, 6.07) is -0.983. The number of imidazole rings is 1. The van der Waals surface area contributed by atoms with E-state index in [0.29, 0.717) is 4.96 Å². The van der Waals surface area contributed by atoms with E-state index in [-0.39, 0.29) is 16.8 Å². The number of primary amides is 1. The molecule has 0 saturated carbocycles. The number of thiazole rings is 1. The Morgan fingerprint density at radius 3 is 2.67 bits per heavy atom. The van der Waals surface area contributed by atoms with Crippen LogP contribution < -0.4 is 15.8 Å². The minimum absolute atomic E-state index is 0.0341. The maximum atomic E-state index is 12.6. The van der Waals surface area contributed by atoms with Gasteiger partial charge in [0.1, 0.15) is 6.04 Å². The highest BCUT2D eigenvalue weighted by Crippen LogP contribution is 2.25. The van der Waals surface area contributed by atoms with Gasteiger partial charge in [-0.15, -0.1) is 11.3 Å². The summed E-state index contributed by atoms with van der Waals surface area (Å²) >= 11 is 1.31. The number of nitrogens with one attached hydrogen (secondary N) is 2. The van der Waals surface area contributed by atoms with Crippen molar-refractivity contribution in [3.8, 4) is 0 Å². The molecule has 4 N–H and O–H groups in total. The second kappa shape index (κ2) is 5.62. The lowest BCUT2D eigenvalue weighted by molar-refractivity contribution is -0.120. The molecule has 8 nitrogen and oxygen atoms in total. The Bertz CT molecular complexity index is 762. The highest BCUT2D eigenvalue weighted by molar-refractivity contribution is 7.89. The average Bonchev–Trinajstić information content (AvgIpc) is 2.94. The second-order valence-electron chi connectivity index (χ2n) is 4.82. The van der Waals surface area contributed by atoms with Gasteiger partial charge in [0, 0.05) is 18.6 Å². The number of nitrogens with zero attached hydrogens (tertiary/aromatic N) is 2. The lowest BCUT2D eigenvalue weighted by Crippen LogP contribution is -2.47. The van der Waals surface area contributed by atoms with Gasteiger partial charge in [-0.25, -0.2) is 13.4 Å². The van der Waals surface area contributed by atoms with E-state index in [2.05, 4.69) is 15.0 Å². The van der Waals surface area contributed by atoms with Gasteiger partial charge in [-0.05, 0) is 5.92 Å². The van der Waals surface area contributed by atoms with E-state index in [0.717, 1.165) is 0 Å². The lowest BCUT2D eigenvalue weighted by Gasteiger charge is -2.18. The number of aromatic nitrogens is 2. The van der Waals surface area contributed by atoms with Crippen LogP contribution >= 0.6 is 11.3 Å². The molecule has 0 aliphatic carbocycles. The molecule has 21 heavy (non-hydrogen) atoms. The molecule has 2 aromatic rings. The van der Waals surface area contributed by atoms with Gasteiger partial charge >= 0.3 is 0 Å². The molecule has 0 aromatic carbocycles. The van der Waals surface area contributed by atoms with Crippen molar-refractivity contribution < 1.29 is 13.2 Å². The molecule has 1 atom stereocenters. The van der Waals surface area contributed by atoms with E-state index in [1.807, 2.05) is 0 Å². The van der Waals surface area contributed by atoms with Crippen molar-refractivity contribution in [3.05, 3.63) is 11.6 Å². The van der Waals surface area contributed by atoms with E-state index in [9.17, 15) is 13.2 Å². The topological polar surface area (TPSA) is 119 Å². The first-order chi connectivity index (χ1) is 9.77. The molecule has 0 radical (unpaired) electrons. The van der Waals surface area contributed by atoms with Crippen LogP contribution in [0, 0.1) is 5.92 Å². The van der Waals surface area contributed by atoms with Gasteiger partial charge in [0.2, 0.25) is 5.91 Å². The third-order valence-corrected chi connectivity index (χ3v) is 5.18. The van der Waals surface area contributed by atoms with Gasteiger partial charge in [0.25, 0.3) is 10.0 Å². The maximum Gasteiger partial charge on any atom is 0.261 e. The molecular formula is C11H17N5O3S2. The molecule has 116 valence electrons. The van der Waals surface area contributed by atoms with Gasteiger partial charge in [-0.1, -0.05) is 13.8 Å². The number of carbonyl (C=O) groups excluding carboxylic acids is 1. The maximum absolute atomic E-state index is 12.6. The predicted octanol–water partition coefficient (Wildman–Crippen LogP) is 0.226. The first-order valence-corrected chi connectivity index (χ1v) is 8.59. The number of nitrogens with two attached hydrogens (primary N) is 1. The number of amides is 1. The average molecular weight is 331 g/mol. The zero-order valence-corrected chi connectivity index (χ0v) is 13.5. The van der Waals surface area contributed by atoms with E-state index in [1.165, 1.54) is 15.7 Å². The number of fused-ring (bicyclic) bond motifs is 1. The van der Waals surface area contributed by atoms with Crippen LogP contribution in [0.3, 0.4) is 0 Å². The van der Waals surface area contributed by atoms with Crippen LogP contribution in [0.15, 0.2) is 16.6 Å². The molecule has 2 rings (SSSR count). The minimum atomic E-state index is -3.95. The largest absolute Gasteiger partial charge is 0.371 e. The summed E-state index contributed by atoms with van der Waals surface area (Å²) in [6.07, 6.45) is 1.61. The summed E-state index contributed by atoms with van der Waals surface area (Å²) in [7, 11) is -2.37. The summed E-state index contributed by atoms with van der Waals surface area (Å²) in [5, 5.41) is 4.45. The number of hydrogen-bond acceptors (Lipinski definition) is 6. The minimum Gasteiger partial charge on any atom is -0.371 e. The highest BCUT2D eigenvalue weighted by atomic mass is 32.2. The molecule has 0 aliphatic rings. The molecule has 0 spiro atoms. The van der Waals surface area contributed by atoms with Crippen LogP contribution in [0.5, 0.6) is 0 Å². The predicted molar refractivity (Wildman–Crippen MR) is 80.8 cm³/mol. The number of hydrogen-bond donors (Lipinski definition) is 3. The van der Waals surface area contributed by atoms with Crippen molar-refractivity contribution in [2.24, 2.45) is 11.7 Å². The van der Waals surface area contributed by atoms with Crippen LogP contribution in [0.25, 0.3) is 4.96 Å². The Labute approximate surface area is 126 Å². The van der Waals surface area contributed by atoms with Crippen LogP contribution in [-0.4, -0.2) is 36.8 Å². The van der Waals surface area contributed by atoms with Gasteiger partial charge in [-0.3, -0.25) is 9.20 Å². The van der Waals surface area contributed by atoms with Gasteiger partial charge in [0.05, 0.1) is 0 Å². The highest BCUT2D eigenvalue weighted by Gasteiger charge is 2.31. The Balaban J connectivity index is 2.51. The first-order valence-electron chi connectivity index (χ1n) is 6.23. The number of rotatable bonds is 6. The van der Waals surface area contributed by atoms with Crippen molar-refractivity contribution in [3.63, 3.8) is 0 Å². The Kier molecular flexibility index (Phi) is 4.21. The summed E-state index contributed by atoms with van der Waals surface area (Å²) in [4.78, 5) is 16.1. The first kappa shape index (κ1) is 15.7. The molecule has 0 bridgehead atoms.